The highest BCUT2D eigenvalue weighted by Gasteiger charge is 2.42. The van der Waals surface area contributed by atoms with Gasteiger partial charge in [0, 0.05) is 6.04 Å². The molecule has 0 aromatic heterocycles. The number of hydrogen-bond donors (Lipinski definition) is 2. The van der Waals surface area contributed by atoms with Crippen molar-refractivity contribution in [1.82, 2.24) is 4.90 Å². The molecule has 0 aliphatic carbocycles. The maximum atomic E-state index is 11.7. The van der Waals surface area contributed by atoms with E-state index < -0.39 is 15.9 Å². The lowest BCUT2D eigenvalue weighted by molar-refractivity contribution is 0.0357. The number of hydrogen-bond acceptors (Lipinski definition) is 5. The largest absolute Gasteiger partial charge is 0.393 e. The molecule has 2 aliphatic rings. The van der Waals surface area contributed by atoms with Crippen molar-refractivity contribution in [2.45, 2.75) is 63.3 Å². The Bertz CT molecular complexity index is 395. The second-order valence-corrected chi connectivity index (χ2v) is 8.19. The third-order valence-corrected chi connectivity index (χ3v) is 5.95. The zero-order valence-corrected chi connectivity index (χ0v) is 12.3. The minimum absolute atomic E-state index is 0.0600. The van der Waals surface area contributed by atoms with Gasteiger partial charge in [-0.3, -0.25) is 4.90 Å². The summed E-state index contributed by atoms with van der Waals surface area (Å²) in [5.41, 5.74) is 0. The van der Waals surface area contributed by atoms with E-state index in [9.17, 15) is 18.6 Å². The van der Waals surface area contributed by atoms with Gasteiger partial charge in [0.15, 0.2) is 9.84 Å². The van der Waals surface area contributed by atoms with E-state index in [1.807, 2.05) is 0 Å². The highest BCUT2D eigenvalue weighted by molar-refractivity contribution is 7.91. The first-order valence-electron chi connectivity index (χ1n) is 7.21. The fourth-order valence-electron chi connectivity index (χ4n) is 3.41. The standard InChI is InChI=1S/C13H25NO4S/c1-10(15)7-11-5-3-2-4-6-14(11)12-8-19(17,18)9-13(12)16/h10-13,15-16H,2-9H2,1H3. The molecule has 0 bridgehead atoms. The molecule has 112 valence electrons. The molecule has 0 spiro atoms. The van der Waals surface area contributed by atoms with Crippen LogP contribution in [0.15, 0.2) is 0 Å². The van der Waals surface area contributed by atoms with E-state index in [0.717, 1.165) is 32.2 Å². The molecule has 5 nitrogen and oxygen atoms in total. The molecule has 0 saturated carbocycles. The average Bonchev–Trinajstić information content (AvgIpc) is 2.48. The van der Waals surface area contributed by atoms with Crippen LogP contribution in [0.4, 0.5) is 0 Å². The van der Waals surface area contributed by atoms with E-state index >= 15 is 0 Å². The molecule has 4 atom stereocenters. The van der Waals surface area contributed by atoms with Crippen molar-refractivity contribution in [3.63, 3.8) is 0 Å². The Morgan fingerprint density at radius 2 is 2.00 bits per heavy atom. The first-order valence-corrected chi connectivity index (χ1v) is 9.03. The van der Waals surface area contributed by atoms with Crippen LogP contribution in [0.25, 0.3) is 0 Å². The summed E-state index contributed by atoms with van der Waals surface area (Å²) in [6, 6.07) is -0.0951. The molecule has 4 unspecified atom stereocenters. The van der Waals surface area contributed by atoms with E-state index in [0.29, 0.717) is 6.42 Å². The molecule has 2 aliphatic heterocycles. The lowest BCUT2D eigenvalue weighted by Crippen LogP contribution is -2.49. The van der Waals surface area contributed by atoms with Crippen LogP contribution in [0.1, 0.15) is 39.0 Å². The van der Waals surface area contributed by atoms with Crippen LogP contribution >= 0.6 is 0 Å². The first kappa shape index (κ1) is 15.2. The third-order valence-electron chi connectivity index (χ3n) is 4.26. The number of aliphatic hydroxyl groups is 2. The third kappa shape index (κ3) is 3.90. The van der Waals surface area contributed by atoms with Gasteiger partial charge < -0.3 is 10.2 Å². The summed E-state index contributed by atoms with van der Waals surface area (Å²) in [6.07, 6.45) is 3.77. The van der Waals surface area contributed by atoms with Crippen LogP contribution < -0.4 is 0 Å². The molecule has 0 radical (unpaired) electrons. The van der Waals surface area contributed by atoms with Crippen molar-refractivity contribution in [2.75, 3.05) is 18.1 Å². The zero-order chi connectivity index (χ0) is 14.0. The van der Waals surface area contributed by atoms with E-state index in [1.54, 1.807) is 6.92 Å². The van der Waals surface area contributed by atoms with Gasteiger partial charge in [0.05, 0.1) is 29.8 Å². The molecular weight excluding hydrogens is 266 g/mol. The number of aliphatic hydroxyl groups excluding tert-OH is 2. The molecule has 2 saturated heterocycles. The van der Waals surface area contributed by atoms with E-state index in [2.05, 4.69) is 4.90 Å². The van der Waals surface area contributed by atoms with E-state index in [4.69, 9.17) is 0 Å². The minimum Gasteiger partial charge on any atom is -0.393 e. The number of likely N-dealkylation sites (tertiary alicyclic amines) is 1. The second-order valence-electron chi connectivity index (χ2n) is 6.04. The number of nitrogens with zero attached hydrogens (tertiary/aromatic N) is 1. The maximum absolute atomic E-state index is 11.7. The van der Waals surface area contributed by atoms with Gasteiger partial charge in [0.2, 0.25) is 0 Å². The summed E-state index contributed by atoms with van der Waals surface area (Å²) in [6.45, 7) is 2.60. The molecule has 2 fully saturated rings. The van der Waals surface area contributed by atoms with Gasteiger partial charge in [-0.1, -0.05) is 12.8 Å². The van der Waals surface area contributed by atoms with Gasteiger partial charge in [0.25, 0.3) is 0 Å². The molecule has 2 rings (SSSR count). The molecular formula is C13H25NO4S. The lowest BCUT2D eigenvalue weighted by atomic mass is 10.0. The van der Waals surface area contributed by atoms with Crippen LogP contribution in [-0.2, 0) is 9.84 Å². The summed E-state index contributed by atoms with van der Waals surface area (Å²) in [5, 5.41) is 19.7. The van der Waals surface area contributed by atoms with Gasteiger partial charge in [0.1, 0.15) is 0 Å². The quantitative estimate of drug-likeness (QED) is 0.774. The Hall–Kier alpha value is -0.170. The predicted molar refractivity (Wildman–Crippen MR) is 73.7 cm³/mol. The molecule has 0 amide bonds. The fraction of sp³-hybridized carbons (Fsp3) is 1.00. The van der Waals surface area contributed by atoms with Crippen LogP contribution in [0.5, 0.6) is 0 Å². The van der Waals surface area contributed by atoms with Gasteiger partial charge in [-0.25, -0.2) is 8.42 Å². The SMILES string of the molecule is CC(O)CC1CCCCCN1C1CS(=O)(=O)CC1O. The van der Waals surface area contributed by atoms with E-state index in [1.165, 1.54) is 0 Å². The second kappa shape index (κ2) is 6.08. The summed E-state index contributed by atoms with van der Waals surface area (Å²) in [4.78, 5) is 2.15. The normalized spacial score (nSPS) is 37.9. The highest BCUT2D eigenvalue weighted by Crippen LogP contribution is 2.27. The topological polar surface area (TPSA) is 77.8 Å². The Morgan fingerprint density at radius 3 is 2.58 bits per heavy atom. The van der Waals surface area contributed by atoms with Gasteiger partial charge >= 0.3 is 0 Å². The fourth-order valence-corrected chi connectivity index (χ4v) is 5.22. The van der Waals surface area contributed by atoms with Gasteiger partial charge in [-0.05, 0) is 32.7 Å². The van der Waals surface area contributed by atoms with Crippen molar-refractivity contribution in [3.05, 3.63) is 0 Å². The maximum Gasteiger partial charge on any atom is 0.154 e. The molecule has 0 aromatic carbocycles. The number of sulfone groups is 1. The Morgan fingerprint density at radius 1 is 1.26 bits per heavy atom. The van der Waals surface area contributed by atoms with Crippen LogP contribution in [0.3, 0.4) is 0 Å². The van der Waals surface area contributed by atoms with Crippen molar-refractivity contribution in [2.24, 2.45) is 0 Å². The van der Waals surface area contributed by atoms with E-state index in [-0.39, 0.29) is 29.7 Å². The predicted octanol–water partition coefficient (Wildman–Crippen LogP) is 0.160. The monoisotopic (exact) mass is 291 g/mol. The number of rotatable bonds is 3. The van der Waals surface area contributed by atoms with Crippen molar-refractivity contribution in [3.8, 4) is 0 Å². The summed E-state index contributed by atoms with van der Waals surface area (Å²) in [5.74, 6) is -0.0555. The Labute approximate surface area is 115 Å². The van der Waals surface area contributed by atoms with Crippen molar-refractivity contribution >= 4 is 9.84 Å². The highest BCUT2D eigenvalue weighted by atomic mass is 32.2. The van der Waals surface area contributed by atoms with Gasteiger partial charge in [-0.15, -0.1) is 0 Å². The van der Waals surface area contributed by atoms with Crippen molar-refractivity contribution < 1.29 is 18.6 Å². The summed E-state index contributed by atoms with van der Waals surface area (Å²) in [7, 11) is -3.11. The van der Waals surface area contributed by atoms with Crippen LogP contribution in [-0.4, -0.2) is 65.9 Å². The van der Waals surface area contributed by atoms with Crippen molar-refractivity contribution in [1.29, 1.82) is 0 Å². The Balaban J connectivity index is 2.13. The smallest absolute Gasteiger partial charge is 0.154 e. The first-order chi connectivity index (χ1) is 8.89. The molecule has 2 heterocycles. The Kier molecular flexibility index (Phi) is 4.87. The molecule has 19 heavy (non-hydrogen) atoms. The average molecular weight is 291 g/mol. The summed E-state index contributed by atoms with van der Waals surface area (Å²) >= 11 is 0. The van der Waals surface area contributed by atoms with Gasteiger partial charge in [-0.2, -0.15) is 0 Å². The minimum atomic E-state index is -3.11. The molecule has 0 aromatic rings. The molecule has 2 N–H and O–H groups in total. The lowest BCUT2D eigenvalue weighted by Gasteiger charge is -2.36. The van der Waals surface area contributed by atoms with Crippen LogP contribution in [0, 0.1) is 0 Å². The summed E-state index contributed by atoms with van der Waals surface area (Å²) < 4.78 is 23.3. The zero-order valence-electron chi connectivity index (χ0n) is 11.5. The van der Waals surface area contributed by atoms with Crippen LogP contribution in [0.2, 0.25) is 0 Å². The molecule has 6 heteroatoms.